The molecule has 1 aromatic heterocycles. The van der Waals surface area contributed by atoms with Crippen molar-refractivity contribution < 1.29 is 13.2 Å². The van der Waals surface area contributed by atoms with E-state index in [0.717, 1.165) is 12.1 Å². The van der Waals surface area contributed by atoms with Gasteiger partial charge in [0.15, 0.2) is 5.03 Å². The van der Waals surface area contributed by atoms with Gasteiger partial charge in [0.2, 0.25) is 0 Å². The number of nitrogens with zero attached hydrogens (tertiary/aromatic N) is 5. The number of benzene rings is 3. The molecular formula is C29H31N5O3S. The van der Waals surface area contributed by atoms with E-state index in [-0.39, 0.29) is 23.5 Å². The van der Waals surface area contributed by atoms with Crippen LogP contribution in [0.3, 0.4) is 0 Å². The molecule has 0 saturated carbocycles. The number of rotatable bonds is 7. The lowest BCUT2D eigenvalue weighted by Crippen LogP contribution is -2.49. The molecule has 9 heteroatoms. The summed E-state index contributed by atoms with van der Waals surface area (Å²) < 4.78 is 30.0. The average molecular weight is 530 g/mol. The van der Waals surface area contributed by atoms with Crippen LogP contribution in [0.15, 0.2) is 102 Å². The Bertz CT molecular complexity index is 1490. The van der Waals surface area contributed by atoms with E-state index in [1.165, 1.54) is 20.6 Å². The Balaban J connectivity index is 1.40. The lowest BCUT2D eigenvalue weighted by atomic mass is 10.0. The number of hydrogen-bond acceptors (Lipinski definition) is 5. The molecule has 1 saturated heterocycles. The number of piperazine rings is 1. The monoisotopic (exact) mass is 529 g/mol. The van der Waals surface area contributed by atoms with Crippen LogP contribution in [-0.2, 0) is 23.6 Å². The third kappa shape index (κ3) is 5.34. The first kappa shape index (κ1) is 25.7. The summed E-state index contributed by atoms with van der Waals surface area (Å²) in [6.45, 7) is 2.14. The van der Waals surface area contributed by atoms with Crippen molar-refractivity contribution in [3.05, 3.63) is 114 Å². The molecule has 0 radical (unpaired) electrons. The highest BCUT2D eigenvalue weighted by molar-refractivity contribution is 7.92. The minimum absolute atomic E-state index is 0.0273. The van der Waals surface area contributed by atoms with Gasteiger partial charge in [-0.05, 0) is 48.5 Å². The molecule has 1 aliphatic heterocycles. The normalized spacial score (nSPS) is 16.4. The highest BCUT2D eigenvalue weighted by atomic mass is 32.2. The third-order valence-corrected chi connectivity index (χ3v) is 8.60. The highest BCUT2D eigenvalue weighted by Gasteiger charge is 2.30. The molecule has 1 unspecified atom stereocenters. The van der Waals surface area contributed by atoms with Crippen LogP contribution in [0, 0.1) is 0 Å². The molecule has 38 heavy (non-hydrogen) atoms. The van der Waals surface area contributed by atoms with Gasteiger partial charge >= 0.3 is 0 Å². The van der Waals surface area contributed by atoms with Crippen LogP contribution < -0.4 is 4.31 Å². The molecule has 5 rings (SSSR count). The molecule has 0 bridgehead atoms. The van der Waals surface area contributed by atoms with Crippen LogP contribution in [0.1, 0.15) is 27.5 Å². The second kappa shape index (κ2) is 10.8. The van der Waals surface area contributed by atoms with Gasteiger partial charge in [0.25, 0.3) is 15.9 Å². The van der Waals surface area contributed by atoms with Gasteiger partial charge < -0.3 is 4.90 Å². The molecular weight excluding hydrogens is 498 g/mol. The highest BCUT2D eigenvalue weighted by Crippen LogP contribution is 2.28. The number of aromatic nitrogens is 2. The van der Waals surface area contributed by atoms with E-state index in [1.54, 1.807) is 37.5 Å². The molecule has 196 valence electrons. The van der Waals surface area contributed by atoms with Crippen molar-refractivity contribution in [1.29, 1.82) is 0 Å². The van der Waals surface area contributed by atoms with Crippen LogP contribution in [0.25, 0.3) is 0 Å². The van der Waals surface area contributed by atoms with Gasteiger partial charge in [0.1, 0.15) is 0 Å². The minimum Gasteiger partial charge on any atom is -0.335 e. The number of hydrogen-bond donors (Lipinski definition) is 0. The Morgan fingerprint density at radius 1 is 0.895 bits per heavy atom. The van der Waals surface area contributed by atoms with E-state index < -0.39 is 10.0 Å². The zero-order valence-corrected chi connectivity index (χ0v) is 22.3. The zero-order valence-electron chi connectivity index (χ0n) is 21.5. The first-order chi connectivity index (χ1) is 18.3. The van der Waals surface area contributed by atoms with Crippen LogP contribution in [0.2, 0.25) is 0 Å². The number of anilines is 1. The van der Waals surface area contributed by atoms with E-state index in [4.69, 9.17) is 0 Å². The predicted molar refractivity (Wildman–Crippen MR) is 147 cm³/mol. The van der Waals surface area contributed by atoms with Crippen molar-refractivity contribution >= 4 is 21.6 Å². The SMILES string of the molecule is CN1CCN(C(=O)c2ccc(N(Cc3ccccc3)S(=O)(=O)c3ccn(C)n3)cc2)CC1c1ccccc1. The number of carbonyl (C=O) groups excluding carboxylic acids is 1. The van der Waals surface area contributed by atoms with Crippen molar-refractivity contribution in [3.8, 4) is 0 Å². The quantitative estimate of drug-likeness (QED) is 0.362. The van der Waals surface area contributed by atoms with Crippen LogP contribution in [0.5, 0.6) is 0 Å². The first-order valence-electron chi connectivity index (χ1n) is 12.5. The Hall–Kier alpha value is -3.95. The summed E-state index contributed by atoms with van der Waals surface area (Å²) in [6, 6.07) is 28.0. The van der Waals surface area contributed by atoms with Gasteiger partial charge in [0.05, 0.1) is 18.3 Å². The first-order valence-corrected chi connectivity index (χ1v) is 14.0. The fourth-order valence-electron chi connectivity index (χ4n) is 4.75. The van der Waals surface area contributed by atoms with E-state index in [0.29, 0.717) is 24.3 Å². The lowest BCUT2D eigenvalue weighted by molar-refractivity contribution is 0.0546. The van der Waals surface area contributed by atoms with E-state index in [2.05, 4.69) is 29.2 Å². The van der Waals surface area contributed by atoms with Gasteiger partial charge in [-0.15, -0.1) is 0 Å². The van der Waals surface area contributed by atoms with E-state index in [9.17, 15) is 13.2 Å². The van der Waals surface area contributed by atoms with Gasteiger partial charge in [-0.25, -0.2) is 0 Å². The standard InChI is InChI=1S/C29H31N5O3S/c1-31-19-20-33(22-27(31)24-11-7-4-8-12-24)29(35)25-13-15-26(16-14-25)34(21-23-9-5-3-6-10-23)38(36,37)28-17-18-32(2)30-28/h3-18,27H,19-22H2,1-2H3. The molecule has 0 aliphatic carbocycles. The van der Waals surface area contributed by atoms with E-state index >= 15 is 0 Å². The summed E-state index contributed by atoms with van der Waals surface area (Å²) in [6.07, 6.45) is 1.61. The maximum Gasteiger partial charge on any atom is 0.283 e. The summed E-state index contributed by atoms with van der Waals surface area (Å²) in [5, 5.41) is 4.11. The topological polar surface area (TPSA) is 78.8 Å². The van der Waals surface area contributed by atoms with Crippen molar-refractivity contribution in [1.82, 2.24) is 19.6 Å². The summed E-state index contributed by atoms with van der Waals surface area (Å²) in [5.74, 6) is -0.0622. The van der Waals surface area contributed by atoms with Crippen molar-refractivity contribution in [2.24, 2.45) is 7.05 Å². The Morgan fingerprint density at radius 2 is 1.55 bits per heavy atom. The summed E-state index contributed by atoms with van der Waals surface area (Å²) in [7, 11) is -0.165. The number of sulfonamides is 1. The van der Waals surface area contributed by atoms with Gasteiger partial charge in [-0.3, -0.25) is 18.7 Å². The molecule has 4 aromatic rings. The molecule has 1 atom stereocenters. The third-order valence-electron chi connectivity index (χ3n) is 6.93. The van der Waals surface area contributed by atoms with Gasteiger partial charge in [-0.2, -0.15) is 13.5 Å². The van der Waals surface area contributed by atoms with Gasteiger partial charge in [-0.1, -0.05) is 60.7 Å². The lowest BCUT2D eigenvalue weighted by Gasteiger charge is -2.39. The summed E-state index contributed by atoms with van der Waals surface area (Å²) in [4.78, 5) is 17.6. The number of carbonyl (C=O) groups is 1. The Labute approximate surface area is 223 Å². The molecule has 1 amide bonds. The minimum atomic E-state index is -3.93. The molecule has 3 aromatic carbocycles. The van der Waals surface area contributed by atoms with Crippen molar-refractivity contribution in [3.63, 3.8) is 0 Å². The molecule has 1 aliphatic rings. The fourth-order valence-corrected chi connectivity index (χ4v) is 6.16. The summed E-state index contributed by atoms with van der Waals surface area (Å²) >= 11 is 0. The molecule has 2 heterocycles. The fraction of sp³-hybridized carbons (Fsp3) is 0.241. The molecule has 0 N–H and O–H groups in total. The van der Waals surface area contributed by atoms with Crippen molar-refractivity contribution in [2.75, 3.05) is 31.0 Å². The van der Waals surface area contributed by atoms with Crippen LogP contribution in [0.4, 0.5) is 5.69 Å². The second-order valence-electron chi connectivity index (χ2n) is 9.53. The number of aryl methyl sites for hydroxylation is 1. The second-order valence-corrected chi connectivity index (χ2v) is 11.3. The Morgan fingerprint density at radius 3 is 2.18 bits per heavy atom. The van der Waals surface area contributed by atoms with Gasteiger partial charge in [0, 0.05) is 38.4 Å². The summed E-state index contributed by atoms with van der Waals surface area (Å²) in [5.41, 5.74) is 3.02. The number of likely N-dealkylation sites (N-methyl/N-ethyl adjacent to an activating group) is 1. The average Bonchev–Trinajstić information content (AvgIpc) is 3.40. The predicted octanol–water partition coefficient (Wildman–Crippen LogP) is 3.94. The maximum atomic E-state index is 13.6. The van der Waals surface area contributed by atoms with E-state index in [1.807, 2.05) is 53.4 Å². The Kier molecular flexibility index (Phi) is 7.31. The number of amides is 1. The van der Waals surface area contributed by atoms with Crippen molar-refractivity contribution in [2.45, 2.75) is 17.6 Å². The van der Waals surface area contributed by atoms with Crippen LogP contribution >= 0.6 is 0 Å². The molecule has 1 fully saturated rings. The molecule has 8 nitrogen and oxygen atoms in total. The van der Waals surface area contributed by atoms with Crippen LogP contribution in [-0.4, -0.2) is 60.6 Å². The largest absolute Gasteiger partial charge is 0.335 e. The zero-order chi connectivity index (χ0) is 26.7. The maximum absolute atomic E-state index is 13.6. The molecule has 0 spiro atoms. The smallest absolute Gasteiger partial charge is 0.283 e.